The summed E-state index contributed by atoms with van der Waals surface area (Å²) in [7, 11) is 0. The van der Waals surface area contributed by atoms with Gasteiger partial charge in [-0.05, 0) is 11.1 Å². The van der Waals surface area contributed by atoms with E-state index in [4.69, 9.17) is 20.4 Å². The van der Waals surface area contributed by atoms with Crippen molar-refractivity contribution in [1.82, 2.24) is 0 Å². The van der Waals surface area contributed by atoms with Crippen LogP contribution in [0.3, 0.4) is 0 Å². The summed E-state index contributed by atoms with van der Waals surface area (Å²) in [5, 5.41) is 33.4. The average molecular weight is 428 g/mol. The zero-order valence-electron chi connectivity index (χ0n) is 14.9. The number of carbonyl (C=O) groups is 4. The van der Waals surface area contributed by atoms with Gasteiger partial charge in [-0.15, -0.1) is 0 Å². The third kappa shape index (κ3) is 4.24. The van der Waals surface area contributed by atoms with Crippen LogP contribution in [0.5, 0.6) is 0 Å². The molecule has 0 aliphatic carbocycles. The highest BCUT2D eigenvalue weighted by molar-refractivity contribution is 6.21. The number of hydrogen-bond acceptors (Lipinski definition) is 4. The minimum Gasteiger partial charge on any atom is -0.480 e. The molecule has 0 spiro atoms. The first-order chi connectivity index (χ1) is 13.9. The van der Waals surface area contributed by atoms with Gasteiger partial charge in [-0.3, -0.25) is 14.4 Å². The maximum atomic E-state index is 13.6. The zero-order valence-corrected chi connectivity index (χ0v) is 14.9. The molecule has 0 heterocycles. The van der Waals surface area contributed by atoms with E-state index in [0.717, 1.165) is 0 Å². The lowest BCUT2D eigenvalue weighted by Gasteiger charge is -2.31. The molecule has 0 bridgehead atoms. The Morgan fingerprint density at radius 2 is 0.933 bits per heavy atom. The first kappa shape index (κ1) is 24.1. The molecule has 0 aliphatic rings. The van der Waals surface area contributed by atoms with Gasteiger partial charge in [0.1, 0.15) is 0 Å². The van der Waals surface area contributed by atoms with Crippen molar-refractivity contribution in [3.63, 3.8) is 0 Å². The number of benzene rings is 2. The first-order valence-electron chi connectivity index (χ1n) is 7.95. The van der Waals surface area contributed by atoms with E-state index in [9.17, 15) is 32.3 Å². The van der Waals surface area contributed by atoms with E-state index < -0.39 is 41.4 Å². The quantitative estimate of drug-likeness (QED) is 0.492. The summed E-state index contributed by atoms with van der Waals surface area (Å²) in [5.74, 6) is -12.4. The zero-order chi connectivity index (χ0) is 23.1. The third-order valence-electron chi connectivity index (χ3n) is 4.00. The normalized spacial score (nSPS) is 12.8. The number of halogens is 3. The fourth-order valence-electron chi connectivity index (χ4n) is 2.42. The summed E-state index contributed by atoms with van der Waals surface area (Å²) in [6, 6.07) is 20.8. The van der Waals surface area contributed by atoms with Crippen molar-refractivity contribution in [2.24, 2.45) is 5.41 Å². The van der Waals surface area contributed by atoms with E-state index in [0.29, 0.717) is 0 Å². The van der Waals surface area contributed by atoms with Crippen molar-refractivity contribution in [1.29, 1.82) is 0 Å². The molecule has 11 heteroatoms. The molecule has 1 atom stereocenters. The van der Waals surface area contributed by atoms with Crippen LogP contribution in [0.4, 0.5) is 13.2 Å². The molecular formula is C19H15F3O8. The highest BCUT2D eigenvalue weighted by Gasteiger charge is 2.78. The Morgan fingerprint density at radius 1 is 0.633 bits per heavy atom. The second-order valence-corrected chi connectivity index (χ2v) is 5.72. The lowest BCUT2D eigenvalue weighted by molar-refractivity contribution is -0.210. The summed E-state index contributed by atoms with van der Waals surface area (Å²) in [4.78, 5) is 42.1. The molecule has 0 saturated carbocycles. The van der Waals surface area contributed by atoms with Crippen LogP contribution >= 0.6 is 0 Å². The molecule has 0 fully saturated rings. The Hall–Kier alpha value is -3.89. The Kier molecular flexibility index (Phi) is 7.68. The Bertz CT molecular complexity index is 844. The Labute approximate surface area is 166 Å². The van der Waals surface area contributed by atoms with Crippen LogP contribution in [0.1, 0.15) is 0 Å². The molecule has 0 amide bonds. The summed E-state index contributed by atoms with van der Waals surface area (Å²) < 4.78 is 38.3. The van der Waals surface area contributed by atoms with Gasteiger partial charge in [0.15, 0.2) is 0 Å². The highest BCUT2D eigenvalue weighted by Crippen LogP contribution is 2.41. The lowest BCUT2D eigenvalue weighted by Crippen LogP contribution is -2.67. The van der Waals surface area contributed by atoms with Gasteiger partial charge < -0.3 is 20.4 Å². The summed E-state index contributed by atoms with van der Waals surface area (Å²) >= 11 is 0. The molecule has 4 N–H and O–H groups in total. The minimum absolute atomic E-state index is 1.28. The van der Waals surface area contributed by atoms with Crippen LogP contribution in [0, 0.1) is 5.41 Å². The number of hydrogen-bond donors (Lipinski definition) is 4. The van der Waals surface area contributed by atoms with Crippen LogP contribution in [0.25, 0.3) is 11.1 Å². The Balaban J connectivity index is 0.000000321. The fourth-order valence-corrected chi connectivity index (χ4v) is 2.42. The molecule has 0 aromatic heterocycles. The number of carboxylic acid groups (broad SMARTS) is 4. The lowest BCUT2D eigenvalue weighted by atomic mass is 9.72. The van der Waals surface area contributed by atoms with E-state index in [1.54, 1.807) is 0 Å². The highest BCUT2D eigenvalue weighted by atomic mass is 19.3. The second-order valence-electron chi connectivity index (χ2n) is 5.72. The predicted octanol–water partition coefficient (Wildman–Crippen LogP) is 2.64. The maximum Gasteiger partial charge on any atom is 0.350 e. The monoisotopic (exact) mass is 428 g/mol. The van der Waals surface area contributed by atoms with Crippen molar-refractivity contribution in [3.05, 3.63) is 60.7 Å². The van der Waals surface area contributed by atoms with E-state index >= 15 is 0 Å². The van der Waals surface area contributed by atoms with Crippen molar-refractivity contribution in [3.8, 4) is 11.1 Å². The van der Waals surface area contributed by atoms with Crippen LogP contribution in [-0.2, 0) is 19.2 Å². The summed E-state index contributed by atoms with van der Waals surface area (Å²) in [6.07, 6.45) is -4.70. The van der Waals surface area contributed by atoms with Gasteiger partial charge in [0, 0.05) is 0 Å². The SMILES string of the molecule is O=C(O)C(C(=O)O)(C(=O)O)C(F)(C(=O)O)C(F)F.c1ccc(-c2ccccc2)cc1. The molecule has 8 nitrogen and oxygen atoms in total. The molecule has 0 aliphatic heterocycles. The second kappa shape index (κ2) is 9.54. The molecule has 2 rings (SSSR count). The average Bonchev–Trinajstić information content (AvgIpc) is 2.69. The summed E-state index contributed by atoms with van der Waals surface area (Å²) in [6.45, 7) is 0. The van der Waals surface area contributed by atoms with Crippen molar-refractivity contribution < 1.29 is 52.8 Å². The van der Waals surface area contributed by atoms with E-state index in [-0.39, 0.29) is 0 Å². The van der Waals surface area contributed by atoms with Gasteiger partial charge in [0.05, 0.1) is 0 Å². The molecule has 0 radical (unpaired) electrons. The van der Waals surface area contributed by atoms with Gasteiger partial charge in [0.25, 0.3) is 6.43 Å². The van der Waals surface area contributed by atoms with Crippen LogP contribution in [0.15, 0.2) is 60.7 Å². The van der Waals surface area contributed by atoms with E-state index in [2.05, 4.69) is 48.5 Å². The molecule has 1 unspecified atom stereocenters. The maximum absolute atomic E-state index is 13.6. The Morgan fingerprint density at radius 3 is 1.10 bits per heavy atom. The van der Waals surface area contributed by atoms with Crippen molar-refractivity contribution in [2.45, 2.75) is 12.1 Å². The smallest absolute Gasteiger partial charge is 0.350 e. The standard InChI is InChI=1S/C12H10.C7H5F3O8/c1-3-7-11(8-4-1)12-9-5-2-6-10-12;8-1(9)7(10,5(17)18)6(2(11)12,3(13)14)4(15)16/h1-10H;1H,(H,11,12)(H,13,14)(H,15,16)(H,17,18). The van der Waals surface area contributed by atoms with Gasteiger partial charge >= 0.3 is 35.0 Å². The van der Waals surface area contributed by atoms with E-state index in [1.807, 2.05) is 12.1 Å². The van der Waals surface area contributed by atoms with E-state index in [1.165, 1.54) is 11.1 Å². The predicted molar refractivity (Wildman–Crippen MR) is 94.7 cm³/mol. The molecule has 2 aromatic carbocycles. The van der Waals surface area contributed by atoms with Gasteiger partial charge in [-0.1, -0.05) is 60.7 Å². The molecule has 2 aromatic rings. The van der Waals surface area contributed by atoms with Crippen molar-refractivity contribution >= 4 is 23.9 Å². The third-order valence-corrected chi connectivity index (χ3v) is 4.00. The number of aliphatic carboxylic acids is 4. The van der Waals surface area contributed by atoms with Gasteiger partial charge in [0.2, 0.25) is 0 Å². The van der Waals surface area contributed by atoms with Gasteiger partial charge in [-0.25, -0.2) is 18.0 Å². The summed E-state index contributed by atoms with van der Waals surface area (Å²) in [5.41, 5.74) is -7.65. The van der Waals surface area contributed by atoms with Gasteiger partial charge in [-0.2, -0.15) is 0 Å². The fraction of sp³-hybridized carbons (Fsp3) is 0.158. The van der Waals surface area contributed by atoms with Crippen LogP contribution in [-0.4, -0.2) is 56.4 Å². The van der Waals surface area contributed by atoms with Crippen LogP contribution in [0.2, 0.25) is 0 Å². The largest absolute Gasteiger partial charge is 0.480 e. The van der Waals surface area contributed by atoms with Crippen LogP contribution < -0.4 is 0 Å². The molecule has 30 heavy (non-hydrogen) atoms. The number of alkyl halides is 3. The first-order valence-corrected chi connectivity index (χ1v) is 7.95. The number of rotatable bonds is 7. The minimum atomic E-state index is -5.34. The van der Waals surface area contributed by atoms with Crippen molar-refractivity contribution in [2.75, 3.05) is 0 Å². The number of carboxylic acids is 4. The molecule has 0 saturated heterocycles. The molecule has 160 valence electrons. The molecular weight excluding hydrogens is 413 g/mol. The topological polar surface area (TPSA) is 149 Å².